The zero-order valence-electron chi connectivity index (χ0n) is 51.1. The van der Waals surface area contributed by atoms with Crippen LogP contribution in [0.5, 0.6) is 0 Å². The molecule has 0 aliphatic heterocycles. The summed E-state index contributed by atoms with van der Waals surface area (Å²) in [7, 11) is 0. The Labute approximate surface area is 469 Å². The lowest BCUT2D eigenvalue weighted by Crippen LogP contribution is -2.30. The second-order valence-electron chi connectivity index (χ2n) is 23.5. The third-order valence-corrected chi connectivity index (χ3v) is 15.8. The van der Waals surface area contributed by atoms with Crippen molar-refractivity contribution >= 4 is 17.9 Å². The van der Waals surface area contributed by atoms with Gasteiger partial charge in [-0.2, -0.15) is 0 Å². The van der Waals surface area contributed by atoms with Crippen molar-refractivity contribution in [2.75, 3.05) is 13.2 Å². The Hall–Kier alpha value is -1.85. The second-order valence-corrected chi connectivity index (χ2v) is 23.5. The zero-order chi connectivity index (χ0) is 54.3. The number of hydrogen-bond donors (Lipinski definition) is 0. The van der Waals surface area contributed by atoms with Gasteiger partial charge in [0.15, 0.2) is 6.10 Å². The maximum Gasteiger partial charge on any atom is 0.306 e. The number of carbonyl (C=O) groups is 3. The van der Waals surface area contributed by atoms with Gasteiger partial charge in [0.2, 0.25) is 0 Å². The van der Waals surface area contributed by atoms with Crippen LogP contribution in [0.4, 0.5) is 0 Å². The van der Waals surface area contributed by atoms with E-state index in [9.17, 15) is 14.4 Å². The lowest BCUT2D eigenvalue weighted by molar-refractivity contribution is -0.167. The second kappa shape index (κ2) is 64.7. The summed E-state index contributed by atoms with van der Waals surface area (Å²) in [6.07, 6.45) is 76.7. The van der Waals surface area contributed by atoms with Crippen molar-refractivity contribution in [1.29, 1.82) is 0 Å². The predicted molar refractivity (Wildman–Crippen MR) is 326 cm³/mol. The molecule has 1 unspecified atom stereocenters. The van der Waals surface area contributed by atoms with Gasteiger partial charge in [-0.15, -0.1) is 0 Å². The van der Waals surface area contributed by atoms with Crippen LogP contribution >= 0.6 is 0 Å². The van der Waals surface area contributed by atoms with E-state index in [0.717, 1.165) is 57.8 Å². The highest BCUT2D eigenvalue weighted by molar-refractivity contribution is 5.71. The Balaban J connectivity index is 4.17. The van der Waals surface area contributed by atoms with Crippen molar-refractivity contribution in [3.8, 4) is 0 Å². The number of esters is 3. The number of carbonyl (C=O) groups excluding carboxylic acids is 3. The van der Waals surface area contributed by atoms with Gasteiger partial charge in [-0.1, -0.05) is 341 Å². The molecule has 1 atom stereocenters. The van der Waals surface area contributed by atoms with Crippen LogP contribution in [0, 0.1) is 0 Å². The highest BCUT2D eigenvalue weighted by Gasteiger charge is 2.19. The molecule has 0 aromatic rings. The first-order valence-electron chi connectivity index (χ1n) is 34.2. The molecular weight excluding hydrogens is 925 g/mol. The largest absolute Gasteiger partial charge is 0.462 e. The van der Waals surface area contributed by atoms with E-state index in [2.05, 4.69) is 32.9 Å². The first kappa shape index (κ1) is 73.2. The summed E-state index contributed by atoms with van der Waals surface area (Å²) in [6, 6.07) is 0. The minimum atomic E-state index is -0.768. The van der Waals surface area contributed by atoms with Crippen LogP contribution in [0.3, 0.4) is 0 Å². The number of hydrogen-bond acceptors (Lipinski definition) is 6. The zero-order valence-corrected chi connectivity index (χ0v) is 51.1. The van der Waals surface area contributed by atoms with Gasteiger partial charge in [0.05, 0.1) is 0 Å². The number of allylic oxidation sites excluding steroid dienone is 2. The Bertz CT molecular complexity index is 1170. The van der Waals surface area contributed by atoms with E-state index >= 15 is 0 Å². The topological polar surface area (TPSA) is 78.9 Å². The van der Waals surface area contributed by atoms with Crippen LogP contribution < -0.4 is 0 Å². The average Bonchev–Trinajstić information content (AvgIpc) is 3.41. The van der Waals surface area contributed by atoms with E-state index in [1.165, 1.54) is 295 Å². The maximum absolute atomic E-state index is 12.9. The fourth-order valence-corrected chi connectivity index (χ4v) is 10.6. The molecule has 0 radical (unpaired) electrons. The molecule has 0 aliphatic rings. The van der Waals surface area contributed by atoms with Gasteiger partial charge in [-0.05, 0) is 44.9 Å². The number of ether oxygens (including phenoxy) is 3. The minimum absolute atomic E-state index is 0.0651. The van der Waals surface area contributed by atoms with E-state index in [0.29, 0.717) is 19.3 Å². The van der Waals surface area contributed by atoms with Crippen LogP contribution in [0.25, 0.3) is 0 Å². The van der Waals surface area contributed by atoms with Crippen LogP contribution in [0.1, 0.15) is 393 Å². The van der Waals surface area contributed by atoms with Crippen molar-refractivity contribution in [3.63, 3.8) is 0 Å². The molecule has 0 aliphatic carbocycles. The van der Waals surface area contributed by atoms with Gasteiger partial charge in [0.25, 0.3) is 0 Å². The molecule has 0 aromatic carbocycles. The summed E-state index contributed by atoms with van der Waals surface area (Å²) in [5.74, 6) is -0.838. The SMILES string of the molecule is CCCCCCCC/C=C\CCCCCCCCCC(=O)OC(COC(=O)CCCCCCCCCCCCCCC)COC(=O)CCCCCCCCCCCCCCCCCCCCCCCCCCCCC. The molecule has 0 saturated carbocycles. The van der Waals surface area contributed by atoms with E-state index in [1.54, 1.807) is 0 Å². The normalized spacial score (nSPS) is 12.0. The molecule has 0 saturated heterocycles. The first-order chi connectivity index (χ1) is 37.0. The molecule has 0 fully saturated rings. The van der Waals surface area contributed by atoms with Crippen LogP contribution in [-0.2, 0) is 28.6 Å². The third kappa shape index (κ3) is 62.9. The molecule has 75 heavy (non-hydrogen) atoms. The molecule has 444 valence electrons. The molecule has 0 bridgehead atoms. The third-order valence-electron chi connectivity index (χ3n) is 15.8. The van der Waals surface area contributed by atoms with Crippen molar-refractivity contribution in [1.82, 2.24) is 0 Å². The summed E-state index contributed by atoms with van der Waals surface area (Å²) < 4.78 is 17.0. The van der Waals surface area contributed by atoms with Crippen molar-refractivity contribution < 1.29 is 28.6 Å². The lowest BCUT2D eigenvalue weighted by atomic mass is 10.0. The monoisotopic (exact) mass is 1060 g/mol. The van der Waals surface area contributed by atoms with Crippen molar-refractivity contribution in [3.05, 3.63) is 12.2 Å². The van der Waals surface area contributed by atoms with Gasteiger partial charge < -0.3 is 14.2 Å². The van der Waals surface area contributed by atoms with Gasteiger partial charge in [0, 0.05) is 19.3 Å². The van der Waals surface area contributed by atoms with Gasteiger partial charge in [-0.3, -0.25) is 14.4 Å². The summed E-state index contributed by atoms with van der Waals surface area (Å²) in [5.41, 5.74) is 0. The first-order valence-corrected chi connectivity index (χ1v) is 34.2. The van der Waals surface area contributed by atoms with Crippen LogP contribution in [0.2, 0.25) is 0 Å². The Morgan fingerprint density at radius 3 is 0.667 bits per heavy atom. The molecule has 6 nitrogen and oxygen atoms in total. The highest BCUT2D eigenvalue weighted by Crippen LogP contribution is 2.19. The van der Waals surface area contributed by atoms with Gasteiger partial charge in [-0.25, -0.2) is 0 Å². The van der Waals surface area contributed by atoms with Crippen LogP contribution in [0.15, 0.2) is 12.2 Å². The fraction of sp³-hybridized carbons (Fsp3) is 0.928. The molecule has 0 heterocycles. The number of rotatable bonds is 64. The average molecular weight is 1060 g/mol. The Kier molecular flexibility index (Phi) is 63.1. The van der Waals surface area contributed by atoms with Gasteiger partial charge >= 0.3 is 17.9 Å². The number of unbranched alkanes of at least 4 members (excludes halogenated alkanes) is 51. The van der Waals surface area contributed by atoms with E-state index in [1.807, 2.05) is 0 Å². The summed E-state index contributed by atoms with van der Waals surface area (Å²) in [6.45, 7) is 6.71. The van der Waals surface area contributed by atoms with Crippen molar-refractivity contribution in [2.45, 2.75) is 399 Å². The predicted octanol–water partition coefficient (Wildman–Crippen LogP) is 23.2. The summed E-state index contributed by atoms with van der Waals surface area (Å²) >= 11 is 0. The van der Waals surface area contributed by atoms with E-state index < -0.39 is 6.10 Å². The Morgan fingerprint density at radius 1 is 0.253 bits per heavy atom. The molecule has 0 spiro atoms. The molecule has 0 rings (SSSR count). The van der Waals surface area contributed by atoms with Crippen LogP contribution in [-0.4, -0.2) is 37.2 Å². The quantitative estimate of drug-likeness (QED) is 0.0261. The van der Waals surface area contributed by atoms with E-state index in [4.69, 9.17) is 14.2 Å². The summed E-state index contributed by atoms with van der Waals surface area (Å²) in [4.78, 5) is 38.3. The Morgan fingerprint density at radius 2 is 0.440 bits per heavy atom. The molecule has 6 heteroatoms. The standard InChI is InChI=1S/C69H132O6/c1-4-7-10-13-16-19-22-25-27-29-30-31-32-33-34-35-36-37-38-40-41-44-47-50-53-56-59-62-68(71)74-65-66(64-73-67(70)61-58-55-52-49-46-43-24-21-18-15-12-9-6-3)75-69(72)63-60-57-54-51-48-45-42-39-28-26-23-20-17-14-11-8-5-2/h26,28,66H,4-25,27,29-65H2,1-3H3/b28-26-. The summed E-state index contributed by atoms with van der Waals surface area (Å²) in [5, 5.41) is 0. The fourth-order valence-electron chi connectivity index (χ4n) is 10.6. The van der Waals surface area contributed by atoms with E-state index in [-0.39, 0.29) is 31.1 Å². The maximum atomic E-state index is 12.9. The molecule has 0 aromatic heterocycles. The highest BCUT2D eigenvalue weighted by atomic mass is 16.6. The van der Waals surface area contributed by atoms with Gasteiger partial charge in [0.1, 0.15) is 13.2 Å². The van der Waals surface area contributed by atoms with Crippen molar-refractivity contribution in [2.24, 2.45) is 0 Å². The molecule has 0 amide bonds. The molecule has 0 N–H and O–H groups in total. The smallest absolute Gasteiger partial charge is 0.306 e. The minimum Gasteiger partial charge on any atom is -0.462 e. The molecular formula is C69H132O6. The lowest BCUT2D eigenvalue weighted by Gasteiger charge is -2.18.